The van der Waals surface area contributed by atoms with Crippen LogP contribution in [-0.4, -0.2) is 52.8 Å². The second-order valence-corrected chi connectivity index (χ2v) is 6.30. The molecule has 4 heterocycles. The predicted octanol–water partition coefficient (Wildman–Crippen LogP) is 0.320. The molecule has 2 aromatic heterocycles. The van der Waals surface area contributed by atoms with Crippen LogP contribution in [0.3, 0.4) is 0 Å². The van der Waals surface area contributed by atoms with E-state index in [1.54, 1.807) is 6.20 Å². The van der Waals surface area contributed by atoms with E-state index in [2.05, 4.69) is 25.6 Å². The van der Waals surface area contributed by atoms with Crippen LogP contribution in [0.1, 0.15) is 24.5 Å². The number of imide groups is 1. The number of piperidine rings is 1. The van der Waals surface area contributed by atoms with Crippen LogP contribution < -0.4 is 15.5 Å². The Morgan fingerprint density at radius 2 is 1.96 bits per heavy atom. The molecule has 4 rings (SSSR count). The third kappa shape index (κ3) is 3.07. The van der Waals surface area contributed by atoms with Crippen LogP contribution in [0.5, 0.6) is 0 Å². The Hall–Kier alpha value is -2.19. The second kappa shape index (κ2) is 6.97. The van der Waals surface area contributed by atoms with Crippen LogP contribution in [0, 0.1) is 0 Å². The number of aromatic nitrogens is 3. The number of fused-ring (bicyclic) bond motifs is 1. The lowest BCUT2D eigenvalue weighted by molar-refractivity contribution is -0.134. The molecule has 2 aromatic rings. The van der Waals surface area contributed by atoms with Crippen LogP contribution >= 0.6 is 12.4 Å². The highest BCUT2D eigenvalue weighted by Gasteiger charge is 2.32. The van der Waals surface area contributed by atoms with Gasteiger partial charge in [-0.15, -0.1) is 12.4 Å². The molecule has 2 aliphatic rings. The third-order valence-corrected chi connectivity index (χ3v) is 4.78. The molecule has 8 nitrogen and oxygen atoms in total. The lowest BCUT2D eigenvalue weighted by Crippen LogP contribution is -2.43. The number of pyridine rings is 1. The first-order valence-electron chi connectivity index (χ1n) is 8.25. The van der Waals surface area contributed by atoms with Gasteiger partial charge in [0.1, 0.15) is 0 Å². The second-order valence-electron chi connectivity index (χ2n) is 6.30. The molecule has 1 unspecified atom stereocenters. The minimum Gasteiger partial charge on any atom is -0.366 e. The minimum atomic E-state index is -0.397. The summed E-state index contributed by atoms with van der Waals surface area (Å²) in [6.07, 6.45) is 4.48. The molecule has 0 aliphatic carbocycles. The summed E-state index contributed by atoms with van der Waals surface area (Å²) in [7, 11) is 1.89. The first-order valence-corrected chi connectivity index (χ1v) is 8.25. The number of carbonyl (C=O) groups is 2. The van der Waals surface area contributed by atoms with Crippen molar-refractivity contribution in [1.82, 2.24) is 25.4 Å². The van der Waals surface area contributed by atoms with Gasteiger partial charge in [-0.25, -0.2) is 0 Å². The number of anilines is 1. The number of rotatable bonds is 2. The fourth-order valence-corrected chi connectivity index (χ4v) is 3.58. The summed E-state index contributed by atoms with van der Waals surface area (Å²) in [6.45, 7) is 3.71. The molecule has 9 heteroatoms. The zero-order valence-electron chi connectivity index (χ0n) is 14.0. The molecule has 1 atom stereocenters. The Balaban J connectivity index is 0.00000182. The van der Waals surface area contributed by atoms with Crippen LogP contribution in [0.15, 0.2) is 12.4 Å². The maximum Gasteiger partial charge on any atom is 0.235 e. The van der Waals surface area contributed by atoms with Crippen molar-refractivity contribution < 1.29 is 9.59 Å². The molecule has 0 spiro atoms. The highest BCUT2D eigenvalue weighted by Crippen LogP contribution is 2.33. The van der Waals surface area contributed by atoms with Gasteiger partial charge < -0.3 is 10.2 Å². The minimum absolute atomic E-state index is 0. The Labute approximate surface area is 151 Å². The van der Waals surface area contributed by atoms with Crippen molar-refractivity contribution in [2.45, 2.75) is 18.8 Å². The lowest BCUT2D eigenvalue weighted by atomic mass is 9.93. The van der Waals surface area contributed by atoms with Gasteiger partial charge in [-0.2, -0.15) is 5.10 Å². The molecule has 0 radical (unpaired) electrons. The molecule has 134 valence electrons. The summed E-state index contributed by atoms with van der Waals surface area (Å²) >= 11 is 0. The van der Waals surface area contributed by atoms with E-state index in [0.29, 0.717) is 18.5 Å². The topological polar surface area (TPSA) is 92.1 Å². The number of aryl methyl sites for hydroxylation is 1. The molecule has 2 saturated heterocycles. The molecule has 0 aromatic carbocycles. The van der Waals surface area contributed by atoms with Gasteiger partial charge in [0.2, 0.25) is 11.8 Å². The van der Waals surface area contributed by atoms with Crippen molar-refractivity contribution in [3.8, 4) is 0 Å². The third-order valence-electron chi connectivity index (χ3n) is 4.78. The van der Waals surface area contributed by atoms with E-state index in [9.17, 15) is 9.59 Å². The van der Waals surface area contributed by atoms with Gasteiger partial charge in [0.15, 0.2) is 0 Å². The predicted molar refractivity (Wildman–Crippen MR) is 96.0 cm³/mol. The van der Waals surface area contributed by atoms with E-state index in [4.69, 9.17) is 0 Å². The quantitative estimate of drug-likeness (QED) is 0.746. The van der Waals surface area contributed by atoms with Gasteiger partial charge in [-0.3, -0.25) is 24.6 Å². The monoisotopic (exact) mass is 364 g/mol. The van der Waals surface area contributed by atoms with Gasteiger partial charge in [-0.05, 0) is 6.42 Å². The normalized spacial score (nSPS) is 21.2. The Morgan fingerprint density at radius 1 is 1.20 bits per heavy atom. The molecule has 2 amide bonds. The zero-order chi connectivity index (χ0) is 16.7. The van der Waals surface area contributed by atoms with E-state index in [1.807, 2.05) is 17.9 Å². The summed E-state index contributed by atoms with van der Waals surface area (Å²) in [6, 6.07) is 0. The van der Waals surface area contributed by atoms with E-state index < -0.39 is 5.92 Å². The number of hydrogen-bond donors (Lipinski definition) is 2. The maximum atomic E-state index is 12.2. The summed E-state index contributed by atoms with van der Waals surface area (Å²) < 4.78 is 1.83. The van der Waals surface area contributed by atoms with E-state index in [-0.39, 0.29) is 24.2 Å². The van der Waals surface area contributed by atoms with Gasteiger partial charge in [0.25, 0.3) is 0 Å². The number of amides is 2. The molecule has 2 fully saturated rings. The van der Waals surface area contributed by atoms with Gasteiger partial charge in [0.05, 0.1) is 29.0 Å². The largest absolute Gasteiger partial charge is 0.366 e. The Bertz CT molecular complexity index is 814. The Morgan fingerprint density at radius 3 is 2.68 bits per heavy atom. The van der Waals surface area contributed by atoms with Crippen molar-refractivity contribution in [3.05, 3.63) is 18.1 Å². The summed E-state index contributed by atoms with van der Waals surface area (Å²) in [5.41, 5.74) is 2.75. The molecule has 0 bridgehead atoms. The smallest absolute Gasteiger partial charge is 0.235 e. The first-order chi connectivity index (χ1) is 11.6. The highest BCUT2D eigenvalue weighted by molar-refractivity contribution is 6.03. The average Bonchev–Trinajstić information content (AvgIpc) is 2.93. The van der Waals surface area contributed by atoms with E-state index >= 15 is 0 Å². The van der Waals surface area contributed by atoms with Crippen molar-refractivity contribution >= 4 is 40.8 Å². The zero-order valence-corrected chi connectivity index (χ0v) is 14.8. The van der Waals surface area contributed by atoms with Gasteiger partial charge in [-0.1, -0.05) is 0 Å². The average molecular weight is 365 g/mol. The number of nitrogens with one attached hydrogen (secondary N) is 2. The summed E-state index contributed by atoms with van der Waals surface area (Å²) in [5.74, 6) is -0.874. The van der Waals surface area contributed by atoms with Crippen LogP contribution in [-0.2, 0) is 16.6 Å². The number of piperazine rings is 1. The van der Waals surface area contributed by atoms with Gasteiger partial charge >= 0.3 is 0 Å². The molecule has 2 N–H and O–H groups in total. The molecule has 0 saturated carbocycles. The molecule has 25 heavy (non-hydrogen) atoms. The molecular weight excluding hydrogens is 344 g/mol. The summed E-state index contributed by atoms with van der Waals surface area (Å²) in [5, 5.41) is 11.3. The SMILES string of the molecule is Cl.Cn1nc(C2CCC(=O)NC2=O)c2cncc(N3CCNCC3)c21. The van der Waals surface area contributed by atoms with Gasteiger partial charge in [0, 0.05) is 51.2 Å². The first kappa shape index (κ1) is 17.6. The number of halogens is 1. The van der Waals surface area contributed by atoms with Crippen molar-refractivity contribution in [3.63, 3.8) is 0 Å². The maximum absolute atomic E-state index is 12.2. The number of carbonyl (C=O) groups excluding carboxylic acids is 2. The fraction of sp³-hybridized carbons (Fsp3) is 0.500. The standard InChI is InChI=1S/C16H20N6O2.ClH/c1-21-15-11(8-18-9-12(15)22-6-4-17-5-7-22)14(20-21)10-2-3-13(23)19-16(10)24;/h8-10,17H,2-7H2,1H3,(H,19,23,24);1H. The van der Waals surface area contributed by atoms with Crippen molar-refractivity contribution in [2.75, 3.05) is 31.1 Å². The fourth-order valence-electron chi connectivity index (χ4n) is 3.58. The Kier molecular flexibility index (Phi) is 4.91. The van der Waals surface area contributed by atoms with Crippen LogP contribution in [0.2, 0.25) is 0 Å². The number of nitrogens with zero attached hydrogens (tertiary/aromatic N) is 4. The molecule has 2 aliphatic heterocycles. The molecular formula is C16H21ClN6O2. The van der Waals surface area contributed by atoms with E-state index in [1.165, 1.54) is 0 Å². The highest BCUT2D eigenvalue weighted by atomic mass is 35.5. The lowest BCUT2D eigenvalue weighted by Gasteiger charge is -2.29. The van der Waals surface area contributed by atoms with Crippen molar-refractivity contribution in [2.24, 2.45) is 7.05 Å². The van der Waals surface area contributed by atoms with Crippen LogP contribution in [0.4, 0.5) is 5.69 Å². The van der Waals surface area contributed by atoms with E-state index in [0.717, 1.165) is 42.8 Å². The van der Waals surface area contributed by atoms with Crippen molar-refractivity contribution in [1.29, 1.82) is 0 Å². The summed E-state index contributed by atoms with van der Waals surface area (Å²) in [4.78, 5) is 30.3. The van der Waals surface area contributed by atoms with Crippen LogP contribution in [0.25, 0.3) is 10.9 Å². The number of hydrogen-bond acceptors (Lipinski definition) is 6.